The van der Waals surface area contributed by atoms with E-state index in [0.717, 1.165) is 11.1 Å². The molecule has 0 aromatic heterocycles. The first-order valence-corrected chi connectivity index (χ1v) is 8.91. The molecule has 1 heterocycles. The summed E-state index contributed by atoms with van der Waals surface area (Å²) in [6.45, 7) is 3.84. The van der Waals surface area contributed by atoms with Crippen LogP contribution in [-0.2, 0) is 10.0 Å². The van der Waals surface area contributed by atoms with Gasteiger partial charge in [-0.25, -0.2) is 8.42 Å². The molecule has 0 bridgehead atoms. The van der Waals surface area contributed by atoms with Gasteiger partial charge >= 0.3 is 0 Å². The Morgan fingerprint density at radius 1 is 1.04 bits per heavy atom. The first-order valence-electron chi connectivity index (χ1n) is 7.47. The number of rotatable bonds is 3. The molecule has 1 fully saturated rings. The fourth-order valence-electron chi connectivity index (χ4n) is 2.78. The monoisotopic (exact) mass is 352 g/mol. The first kappa shape index (κ1) is 17.9. The molecule has 3 rings (SSSR count). The van der Waals surface area contributed by atoms with E-state index in [1.54, 1.807) is 16.4 Å². The summed E-state index contributed by atoms with van der Waals surface area (Å²) in [6.07, 6.45) is 0. The van der Waals surface area contributed by atoms with Crippen molar-refractivity contribution in [1.29, 1.82) is 0 Å². The highest BCUT2D eigenvalue weighted by Crippen LogP contribution is 2.25. The molecule has 1 saturated heterocycles. The van der Waals surface area contributed by atoms with Crippen molar-refractivity contribution >= 4 is 22.4 Å². The number of piperazine rings is 1. The molecule has 0 radical (unpaired) electrons. The van der Waals surface area contributed by atoms with E-state index in [1.165, 1.54) is 0 Å². The van der Waals surface area contributed by atoms with Gasteiger partial charge in [0.1, 0.15) is 0 Å². The Balaban J connectivity index is 0.00000192. The third kappa shape index (κ3) is 3.75. The van der Waals surface area contributed by atoms with Crippen LogP contribution in [0.5, 0.6) is 0 Å². The highest BCUT2D eigenvalue weighted by Gasteiger charge is 2.30. The van der Waals surface area contributed by atoms with Crippen LogP contribution in [0.3, 0.4) is 0 Å². The number of halogens is 1. The van der Waals surface area contributed by atoms with Crippen molar-refractivity contribution in [3.05, 3.63) is 54.6 Å². The summed E-state index contributed by atoms with van der Waals surface area (Å²) < 4.78 is 27.3. The Morgan fingerprint density at radius 2 is 1.74 bits per heavy atom. The van der Waals surface area contributed by atoms with Gasteiger partial charge in [-0.3, -0.25) is 0 Å². The molecular weight excluding hydrogens is 332 g/mol. The van der Waals surface area contributed by atoms with E-state index in [2.05, 4.69) is 5.32 Å². The molecule has 1 aliphatic rings. The highest BCUT2D eigenvalue weighted by atomic mass is 35.5. The Morgan fingerprint density at radius 3 is 2.43 bits per heavy atom. The van der Waals surface area contributed by atoms with Crippen molar-refractivity contribution in [3.8, 4) is 11.1 Å². The van der Waals surface area contributed by atoms with Gasteiger partial charge in [-0.1, -0.05) is 42.5 Å². The summed E-state index contributed by atoms with van der Waals surface area (Å²) >= 11 is 0. The average Bonchev–Trinajstić information content (AvgIpc) is 2.56. The number of benzene rings is 2. The summed E-state index contributed by atoms with van der Waals surface area (Å²) in [5.74, 6) is 0. The first-order chi connectivity index (χ1) is 10.6. The van der Waals surface area contributed by atoms with Gasteiger partial charge in [0.05, 0.1) is 4.90 Å². The molecule has 23 heavy (non-hydrogen) atoms. The smallest absolute Gasteiger partial charge is 0.243 e. The topological polar surface area (TPSA) is 49.4 Å². The van der Waals surface area contributed by atoms with Crippen molar-refractivity contribution in [2.75, 3.05) is 19.6 Å². The number of nitrogens with one attached hydrogen (secondary N) is 1. The molecule has 1 unspecified atom stereocenters. The van der Waals surface area contributed by atoms with Crippen molar-refractivity contribution in [2.24, 2.45) is 0 Å². The van der Waals surface area contributed by atoms with Crippen LogP contribution in [0.1, 0.15) is 6.92 Å². The van der Waals surface area contributed by atoms with Crippen LogP contribution >= 0.6 is 12.4 Å². The Bertz CT molecular complexity index is 750. The molecule has 1 aliphatic heterocycles. The minimum atomic E-state index is -3.45. The molecular formula is C17H21ClN2O2S. The fourth-order valence-corrected chi connectivity index (χ4v) is 4.46. The van der Waals surface area contributed by atoms with Gasteiger partial charge in [0.15, 0.2) is 0 Å². The van der Waals surface area contributed by atoms with Gasteiger partial charge in [-0.15, -0.1) is 12.4 Å². The minimum absolute atomic E-state index is 0. The Labute approximate surface area is 144 Å². The second-order valence-electron chi connectivity index (χ2n) is 5.56. The molecule has 0 spiro atoms. The quantitative estimate of drug-likeness (QED) is 0.924. The van der Waals surface area contributed by atoms with Gasteiger partial charge in [0.2, 0.25) is 10.0 Å². The lowest BCUT2D eigenvalue weighted by Gasteiger charge is -2.32. The van der Waals surface area contributed by atoms with E-state index in [4.69, 9.17) is 0 Å². The lowest BCUT2D eigenvalue weighted by molar-refractivity contribution is 0.284. The molecule has 6 heteroatoms. The maximum atomic E-state index is 12.9. The lowest BCUT2D eigenvalue weighted by Crippen LogP contribution is -2.52. The highest BCUT2D eigenvalue weighted by molar-refractivity contribution is 7.89. The van der Waals surface area contributed by atoms with E-state index in [-0.39, 0.29) is 18.4 Å². The zero-order valence-electron chi connectivity index (χ0n) is 13.0. The molecule has 2 aromatic carbocycles. The summed E-state index contributed by atoms with van der Waals surface area (Å²) in [5.41, 5.74) is 1.94. The van der Waals surface area contributed by atoms with E-state index < -0.39 is 10.0 Å². The van der Waals surface area contributed by atoms with Crippen LogP contribution in [0.2, 0.25) is 0 Å². The van der Waals surface area contributed by atoms with Crippen LogP contribution in [0.15, 0.2) is 59.5 Å². The zero-order chi connectivity index (χ0) is 15.6. The van der Waals surface area contributed by atoms with Crippen LogP contribution in [0.25, 0.3) is 11.1 Å². The van der Waals surface area contributed by atoms with Gasteiger partial charge in [-0.05, 0) is 30.2 Å². The van der Waals surface area contributed by atoms with Crippen molar-refractivity contribution in [2.45, 2.75) is 17.9 Å². The average molecular weight is 353 g/mol. The zero-order valence-corrected chi connectivity index (χ0v) is 14.6. The van der Waals surface area contributed by atoms with Crippen LogP contribution in [0.4, 0.5) is 0 Å². The number of hydrogen-bond acceptors (Lipinski definition) is 3. The van der Waals surface area contributed by atoms with Gasteiger partial charge in [-0.2, -0.15) is 4.31 Å². The number of hydrogen-bond donors (Lipinski definition) is 1. The number of nitrogens with zero attached hydrogens (tertiary/aromatic N) is 1. The predicted octanol–water partition coefficient (Wildman–Crippen LogP) is 2.76. The van der Waals surface area contributed by atoms with Gasteiger partial charge in [0, 0.05) is 25.7 Å². The SMILES string of the molecule is CC1CNCCN1S(=O)(=O)c1cccc(-c2ccccc2)c1.Cl. The maximum Gasteiger partial charge on any atom is 0.243 e. The van der Waals surface area contributed by atoms with E-state index in [0.29, 0.717) is 24.5 Å². The van der Waals surface area contributed by atoms with E-state index >= 15 is 0 Å². The third-order valence-electron chi connectivity index (χ3n) is 3.99. The predicted molar refractivity (Wildman–Crippen MR) is 95.3 cm³/mol. The molecule has 0 amide bonds. The fraction of sp³-hybridized carbons (Fsp3) is 0.294. The van der Waals surface area contributed by atoms with Gasteiger partial charge < -0.3 is 5.32 Å². The largest absolute Gasteiger partial charge is 0.314 e. The molecule has 0 aliphatic carbocycles. The van der Waals surface area contributed by atoms with E-state index in [9.17, 15) is 8.42 Å². The minimum Gasteiger partial charge on any atom is -0.314 e. The molecule has 124 valence electrons. The standard InChI is InChI=1S/C17H20N2O2S.ClH/c1-14-13-18-10-11-19(14)22(20,21)17-9-5-8-16(12-17)15-6-3-2-4-7-15;/h2-9,12,14,18H,10-11,13H2,1H3;1H. The molecule has 1 atom stereocenters. The third-order valence-corrected chi connectivity index (χ3v) is 6.00. The van der Waals surface area contributed by atoms with E-state index in [1.807, 2.05) is 49.4 Å². The normalized spacial score (nSPS) is 19.1. The summed E-state index contributed by atoms with van der Waals surface area (Å²) in [4.78, 5) is 0.364. The summed E-state index contributed by atoms with van der Waals surface area (Å²) in [6, 6.07) is 17.0. The summed E-state index contributed by atoms with van der Waals surface area (Å²) in [5, 5.41) is 3.22. The number of sulfonamides is 1. The maximum absolute atomic E-state index is 12.9. The Kier molecular flexibility index (Phi) is 5.81. The molecule has 0 saturated carbocycles. The van der Waals surface area contributed by atoms with Crippen LogP contribution in [0, 0.1) is 0 Å². The Hall–Kier alpha value is -1.40. The van der Waals surface area contributed by atoms with Crippen molar-refractivity contribution < 1.29 is 8.42 Å². The second-order valence-corrected chi connectivity index (χ2v) is 7.45. The summed E-state index contributed by atoms with van der Waals surface area (Å²) in [7, 11) is -3.45. The van der Waals surface area contributed by atoms with Crippen molar-refractivity contribution in [3.63, 3.8) is 0 Å². The molecule has 1 N–H and O–H groups in total. The molecule has 2 aromatic rings. The lowest BCUT2D eigenvalue weighted by atomic mass is 10.1. The van der Waals surface area contributed by atoms with Crippen molar-refractivity contribution in [1.82, 2.24) is 9.62 Å². The second kappa shape index (κ2) is 7.45. The van der Waals surface area contributed by atoms with Crippen LogP contribution in [-0.4, -0.2) is 38.4 Å². The molecule has 4 nitrogen and oxygen atoms in total. The van der Waals surface area contributed by atoms with Crippen LogP contribution < -0.4 is 5.32 Å². The van der Waals surface area contributed by atoms with Gasteiger partial charge in [0.25, 0.3) is 0 Å².